The van der Waals surface area contributed by atoms with Crippen molar-refractivity contribution < 1.29 is 18.0 Å². The molecule has 0 saturated heterocycles. The third-order valence-electron chi connectivity index (χ3n) is 3.99. The minimum Gasteiger partial charge on any atom is -0.277 e. The van der Waals surface area contributed by atoms with Gasteiger partial charge in [0.2, 0.25) is 0 Å². The highest BCUT2D eigenvalue weighted by Gasteiger charge is 2.17. The smallest absolute Gasteiger partial charge is 0.277 e. The van der Waals surface area contributed by atoms with Crippen molar-refractivity contribution in [3.05, 3.63) is 65.9 Å². The molecular formula is C19H19N3O4S. The molecule has 27 heavy (non-hydrogen) atoms. The summed E-state index contributed by atoms with van der Waals surface area (Å²) in [5.41, 5.74) is 5.74. The van der Waals surface area contributed by atoms with Gasteiger partial charge in [-0.05, 0) is 37.3 Å². The van der Waals surface area contributed by atoms with Crippen molar-refractivity contribution in [2.75, 3.05) is 13.4 Å². The number of carbonyl (C=O) groups excluding carboxylic acids is 1. The third-order valence-corrected chi connectivity index (χ3v) is 5.12. The van der Waals surface area contributed by atoms with Gasteiger partial charge in [0.15, 0.2) is 15.5 Å². The molecule has 0 radical (unpaired) electrons. The Bertz CT molecular complexity index is 1070. The van der Waals surface area contributed by atoms with Crippen LogP contribution in [-0.2, 0) is 14.7 Å². The molecule has 2 aromatic carbocycles. The summed E-state index contributed by atoms with van der Waals surface area (Å²) < 4.78 is 25.0. The molecule has 3 aromatic rings. The lowest BCUT2D eigenvalue weighted by molar-refractivity contribution is 0.0532. The molecule has 0 spiro atoms. The second kappa shape index (κ2) is 7.34. The minimum absolute atomic E-state index is 0.180. The molecule has 1 aromatic heterocycles. The summed E-state index contributed by atoms with van der Waals surface area (Å²) in [6, 6.07) is 15.8. The maximum atomic E-state index is 12.1. The molecule has 0 unspecified atom stereocenters. The molecule has 8 heteroatoms. The maximum Gasteiger partial charge on any atom is 0.295 e. The van der Waals surface area contributed by atoms with E-state index in [2.05, 4.69) is 15.4 Å². The molecule has 0 aliphatic carbocycles. The third kappa shape index (κ3) is 4.07. The van der Waals surface area contributed by atoms with Gasteiger partial charge < -0.3 is 0 Å². The van der Waals surface area contributed by atoms with Gasteiger partial charge in [0.05, 0.1) is 23.4 Å². The zero-order chi connectivity index (χ0) is 19.6. The van der Waals surface area contributed by atoms with Crippen molar-refractivity contribution in [1.82, 2.24) is 15.3 Å². The van der Waals surface area contributed by atoms with Crippen LogP contribution in [0.5, 0.6) is 0 Å². The summed E-state index contributed by atoms with van der Waals surface area (Å²) in [7, 11) is -1.95. The average molecular weight is 385 g/mol. The van der Waals surface area contributed by atoms with E-state index in [0.29, 0.717) is 11.4 Å². The van der Waals surface area contributed by atoms with Crippen molar-refractivity contribution in [3.63, 3.8) is 0 Å². The summed E-state index contributed by atoms with van der Waals surface area (Å²) in [5.74, 6) is -0.475. The molecule has 1 heterocycles. The lowest BCUT2D eigenvalue weighted by atomic mass is 10.1. The highest BCUT2D eigenvalue weighted by molar-refractivity contribution is 7.90. The van der Waals surface area contributed by atoms with E-state index in [1.54, 1.807) is 22.9 Å². The fourth-order valence-corrected chi connectivity index (χ4v) is 3.23. The van der Waals surface area contributed by atoms with Gasteiger partial charge in [-0.3, -0.25) is 9.63 Å². The number of sulfone groups is 1. The summed E-state index contributed by atoms with van der Waals surface area (Å²) in [6.07, 6.45) is 1.15. The normalized spacial score (nSPS) is 11.4. The molecular weight excluding hydrogens is 366 g/mol. The van der Waals surface area contributed by atoms with E-state index in [-0.39, 0.29) is 10.6 Å². The number of hydrogen-bond acceptors (Lipinski definition) is 5. The molecule has 0 bridgehead atoms. The van der Waals surface area contributed by atoms with Crippen molar-refractivity contribution in [3.8, 4) is 16.9 Å². The van der Waals surface area contributed by atoms with Gasteiger partial charge in [-0.25, -0.2) is 18.6 Å². The highest BCUT2D eigenvalue weighted by Crippen LogP contribution is 2.25. The predicted octanol–water partition coefficient (Wildman–Crippen LogP) is 2.54. The van der Waals surface area contributed by atoms with Gasteiger partial charge in [-0.1, -0.05) is 29.8 Å². The van der Waals surface area contributed by atoms with Crippen LogP contribution in [0.25, 0.3) is 16.9 Å². The Morgan fingerprint density at radius 3 is 2.26 bits per heavy atom. The van der Waals surface area contributed by atoms with Crippen LogP contribution in [-0.4, -0.2) is 37.5 Å². The SMILES string of the molecule is CONC(=O)c1cc(-c2ccc(C)cc2)n(-c2ccc(S(C)(=O)=O)cc2)n1. The Kier molecular flexibility index (Phi) is 5.11. The number of aromatic nitrogens is 2. The lowest BCUT2D eigenvalue weighted by Crippen LogP contribution is -2.22. The van der Waals surface area contributed by atoms with Crippen LogP contribution in [0, 0.1) is 6.92 Å². The van der Waals surface area contributed by atoms with Crippen molar-refractivity contribution in [1.29, 1.82) is 0 Å². The number of hydroxylamine groups is 1. The summed E-state index contributed by atoms with van der Waals surface area (Å²) in [5, 5.41) is 4.36. The molecule has 0 saturated carbocycles. The number of benzene rings is 2. The summed E-state index contributed by atoms with van der Waals surface area (Å²) in [6.45, 7) is 1.99. The standard InChI is InChI=1S/C19H19N3O4S/c1-13-4-6-14(7-5-13)18-12-17(19(23)21-26-2)20-22(18)15-8-10-16(11-9-15)27(3,24)25/h4-12H,1-3H3,(H,21,23). The fraction of sp³-hybridized carbons (Fsp3) is 0.158. The number of amides is 1. The quantitative estimate of drug-likeness (QED) is 0.682. The van der Waals surface area contributed by atoms with Crippen molar-refractivity contribution in [2.45, 2.75) is 11.8 Å². The summed E-state index contributed by atoms with van der Waals surface area (Å²) in [4.78, 5) is 17.0. The lowest BCUT2D eigenvalue weighted by Gasteiger charge is -2.08. The average Bonchev–Trinajstić information content (AvgIpc) is 3.07. The Balaban J connectivity index is 2.12. The second-order valence-corrected chi connectivity index (χ2v) is 8.11. The number of hydrogen-bond donors (Lipinski definition) is 1. The number of aryl methyl sites for hydroxylation is 1. The minimum atomic E-state index is -3.29. The van der Waals surface area contributed by atoms with Crippen LogP contribution in [0.1, 0.15) is 16.1 Å². The monoisotopic (exact) mass is 385 g/mol. The van der Waals surface area contributed by atoms with Crippen LogP contribution in [0.3, 0.4) is 0 Å². The van der Waals surface area contributed by atoms with Gasteiger partial charge in [-0.2, -0.15) is 5.10 Å². The Morgan fingerprint density at radius 2 is 1.70 bits per heavy atom. The first-order chi connectivity index (χ1) is 12.8. The van der Waals surface area contributed by atoms with Gasteiger partial charge in [-0.15, -0.1) is 0 Å². The zero-order valence-corrected chi connectivity index (χ0v) is 15.9. The first-order valence-corrected chi connectivity index (χ1v) is 9.99. The number of rotatable bonds is 5. The maximum absolute atomic E-state index is 12.1. The molecule has 1 amide bonds. The summed E-state index contributed by atoms with van der Waals surface area (Å²) >= 11 is 0. The van der Waals surface area contributed by atoms with Crippen molar-refractivity contribution >= 4 is 15.7 Å². The Hall–Kier alpha value is -2.97. The van der Waals surface area contributed by atoms with Gasteiger partial charge in [0.1, 0.15) is 0 Å². The molecule has 3 rings (SSSR count). The fourth-order valence-electron chi connectivity index (χ4n) is 2.60. The molecule has 1 N–H and O–H groups in total. The molecule has 0 aliphatic rings. The number of nitrogens with one attached hydrogen (secondary N) is 1. The zero-order valence-electron chi connectivity index (χ0n) is 15.1. The Labute approximate surface area is 157 Å². The largest absolute Gasteiger partial charge is 0.295 e. The van der Waals surface area contributed by atoms with Crippen LogP contribution >= 0.6 is 0 Å². The van der Waals surface area contributed by atoms with E-state index in [9.17, 15) is 13.2 Å². The number of carbonyl (C=O) groups is 1. The highest BCUT2D eigenvalue weighted by atomic mass is 32.2. The van der Waals surface area contributed by atoms with Gasteiger partial charge in [0.25, 0.3) is 5.91 Å². The van der Waals surface area contributed by atoms with Gasteiger partial charge >= 0.3 is 0 Å². The molecule has 0 aliphatic heterocycles. The Morgan fingerprint density at radius 1 is 1.07 bits per heavy atom. The van der Waals surface area contributed by atoms with E-state index in [1.807, 2.05) is 31.2 Å². The first-order valence-electron chi connectivity index (χ1n) is 8.10. The predicted molar refractivity (Wildman–Crippen MR) is 101 cm³/mol. The molecule has 0 fully saturated rings. The number of nitrogens with zero attached hydrogens (tertiary/aromatic N) is 2. The molecule has 7 nitrogen and oxygen atoms in total. The topological polar surface area (TPSA) is 90.3 Å². The van der Waals surface area contributed by atoms with E-state index in [1.165, 1.54) is 19.2 Å². The molecule has 0 atom stereocenters. The van der Waals surface area contributed by atoms with E-state index in [4.69, 9.17) is 0 Å². The van der Waals surface area contributed by atoms with Crippen LogP contribution in [0.2, 0.25) is 0 Å². The van der Waals surface area contributed by atoms with Crippen LogP contribution < -0.4 is 5.48 Å². The van der Waals surface area contributed by atoms with E-state index >= 15 is 0 Å². The first kappa shape index (κ1) is 18.8. The van der Waals surface area contributed by atoms with Crippen LogP contribution in [0.15, 0.2) is 59.5 Å². The van der Waals surface area contributed by atoms with E-state index in [0.717, 1.165) is 17.4 Å². The molecule has 140 valence electrons. The van der Waals surface area contributed by atoms with E-state index < -0.39 is 15.7 Å². The second-order valence-electron chi connectivity index (χ2n) is 6.09. The van der Waals surface area contributed by atoms with Gasteiger partial charge in [0, 0.05) is 11.8 Å². The van der Waals surface area contributed by atoms with Crippen molar-refractivity contribution in [2.24, 2.45) is 0 Å². The van der Waals surface area contributed by atoms with Crippen LogP contribution in [0.4, 0.5) is 0 Å².